The normalized spacial score (nSPS) is 11.3. The molecule has 1 aromatic carbocycles. The van der Waals surface area contributed by atoms with Crippen LogP contribution in [0.5, 0.6) is 0 Å². The Balaban J connectivity index is 1.98. The van der Waals surface area contributed by atoms with Crippen molar-refractivity contribution in [3.8, 4) is 0 Å². The summed E-state index contributed by atoms with van der Waals surface area (Å²) in [5.74, 6) is 0.641. The number of aromatic nitrogens is 4. The molecule has 2 N–H and O–H groups in total. The smallest absolute Gasteiger partial charge is 0.328 e. The van der Waals surface area contributed by atoms with Crippen LogP contribution in [0.3, 0.4) is 0 Å². The fourth-order valence-electron chi connectivity index (χ4n) is 2.43. The molecule has 7 nitrogen and oxygen atoms in total. The third kappa shape index (κ3) is 3.12. The number of aromatic amines is 1. The second-order valence-corrected chi connectivity index (χ2v) is 6.71. The SMILES string of the molecule is Cn1c(=O)[nH]c(=O)c2c1c(Cl)nn2Cc1ccc(SCCO)cc1. The molecule has 0 saturated heterocycles. The summed E-state index contributed by atoms with van der Waals surface area (Å²) >= 11 is 7.67. The van der Waals surface area contributed by atoms with Crippen LogP contribution in [-0.4, -0.2) is 36.8 Å². The summed E-state index contributed by atoms with van der Waals surface area (Å²) in [5.41, 5.74) is 0.487. The second-order valence-electron chi connectivity index (χ2n) is 5.18. The zero-order chi connectivity index (χ0) is 17.3. The van der Waals surface area contributed by atoms with Crippen LogP contribution in [0.1, 0.15) is 5.56 Å². The topological polar surface area (TPSA) is 92.9 Å². The Morgan fingerprint density at radius 1 is 1.25 bits per heavy atom. The van der Waals surface area contributed by atoms with E-state index in [-0.39, 0.29) is 17.3 Å². The molecular weight excluding hydrogens is 352 g/mol. The molecule has 0 aliphatic rings. The van der Waals surface area contributed by atoms with E-state index in [1.54, 1.807) is 11.8 Å². The third-order valence-corrected chi connectivity index (χ3v) is 4.82. The van der Waals surface area contributed by atoms with Crippen LogP contribution in [0.2, 0.25) is 5.15 Å². The molecule has 0 saturated carbocycles. The van der Waals surface area contributed by atoms with Crippen molar-refractivity contribution in [2.45, 2.75) is 11.4 Å². The zero-order valence-corrected chi connectivity index (χ0v) is 14.4. The highest BCUT2D eigenvalue weighted by molar-refractivity contribution is 7.99. The zero-order valence-electron chi connectivity index (χ0n) is 12.8. The summed E-state index contributed by atoms with van der Waals surface area (Å²) < 4.78 is 2.77. The minimum atomic E-state index is -0.529. The maximum Gasteiger partial charge on any atom is 0.328 e. The Morgan fingerprint density at radius 3 is 2.62 bits per heavy atom. The van der Waals surface area contributed by atoms with Gasteiger partial charge in [-0.2, -0.15) is 5.10 Å². The molecule has 0 radical (unpaired) electrons. The number of benzene rings is 1. The van der Waals surface area contributed by atoms with Crippen molar-refractivity contribution in [3.63, 3.8) is 0 Å². The lowest BCUT2D eigenvalue weighted by Gasteiger charge is -2.05. The molecule has 0 spiro atoms. The first kappa shape index (κ1) is 16.8. The van der Waals surface area contributed by atoms with E-state index in [9.17, 15) is 9.59 Å². The molecule has 3 rings (SSSR count). The second kappa shape index (κ2) is 6.84. The molecule has 3 aromatic rings. The van der Waals surface area contributed by atoms with Gasteiger partial charge in [-0.15, -0.1) is 11.8 Å². The number of halogens is 1. The largest absolute Gasteiger partial charge is 0.396 e. The van der Waals surface area contributed by atoms with E-state index >= 15 is 0 Å². The average Bonchev–Trinajstić information content (AvgIpc) is 2.89. The van der Waals surface area contributed by atoms with Gasteiger partial charge in [-0.05, 0) is 17.7 Å². The van der Waals surface area contributed by atoms with Crippen LogP contribution < -0.4 is 11.2 Å². The molecule has 0 atom stereocenters. The van der Waals surface area contributed by atoms with Crippen molar-refractivity contribution in [2.24, 2.45) is 7.05 Å². The minimum Gasteiger partial charge on any atom is -0.396 e. The van der Waals surface area contributed by atoms with Crippen molar-refractivity contribution in [3.05, 3.63) is 55.8 Å². The molecular formula is C15H15ClN4O3S. The van der Waals surface area contributed by atoms with Gasteiger partial charge in [0.05, 0.1) is 13.2 Å². The molecule has 0 unspecified atom stereocenters. The van der Waals surface area contributed by atoms with Gasteiger partial charge in [0.25, 0.3) is 5.56 Å². The van der Waals surface area contributed by atoms with E-state index in [2.05, 4.69) is 10.1 Å². The van der Waals surface area contributed by atoms with Crippen molar-refractivity contribution < 1.29 is 5.11 Å². The summed E-state index contributed by atoms with van der Waals surface area (Å²) in [5, 5.41) is 13.1. The number of thioether (sulfide) groups is 1. The summed E-state index contributed by atoms with van der Waals surface area (Å²) in [6.07, 6.45) is 0. The van der Waals surface area contributed by atoms with Crippen molar-refractivity contribution in [2.75, 3.05) is 12.4 Å². The van der Waals surface area contributed by atoms with Gasteiger partial charge in [-0.3, -0.25) is 19.0 Å². The maximum atomic E-state index is 12.1. The first-order chi connectivity index (χ1) is 11.5. The number of nitrogens with zero attached hydrogens (tertiary/aromatic N) is 3. The predicted octanol–water partition coefficient (Wildman–Crippen LogP) is 1.21. The first-order valence-electron chi connectivity index (χ1n) is 7.19. The Morgan fingerprint density at radius 2 is 1.96 bits per heavy atom. The van der Waals surface area contributed by atoms with Gasteiger partial charge >= 0.3 is 5.69 Å². The molecule has 2 aromatic heterocycles. The van der Waals surface area contributed by atoms with Gasteiger partial charge in [-0.1, -0.05) is 23.7 Å². The molecule has 0 aliphatic heterocycles. The highest BCUT2D eigenvalue weighted by atomic mass is 35.5. The van der Waals surface area contributed by atoms with Gasteiger partial charge in [0.1, 0.15) is 5.52 Å². The molecule has 0 fully saturated rings. The monoisotopic (exact) mass is 366 g/mol. The first-order valence-corrected chi connectivity index (χ1v) is 8.55. The molecule has 24 heavy (non-hydrogen) atoms. The van der Waals surface area contributed by atoms with Crippen molar-refractivity contribution in [1.29, 1.82) is 0 Å². The summed E-state index contributed by atoms with van der Waals surface area (Å²) in [6, 6.07) is 7.75. The maximum absolute atomic E-state index is 12.1. The van der Waals surface area contributed by atoms with Gasteiger partial charge in [0, 0.05) is 17.7 Å². The molecule has 0 aliphatic carbocycles. The number of H-pyrrole nitrogens is 1. The van der Waals surface area contributed by atoms with Crippen LogP contribution >= 0.6 is 23.4 Å². The lowest BCUT2D eigenvalue weighted by Crippen LogP contribution is -2.29. The Labute approximate surface area is 145 Å². The Kier molecular flexibility index (Phi) is 4.79. The predicted molar refractivity (Wildman–Crippen MR) is 94.0 cm³/mol. The number of fused-ring (bicyclic) bond motifs is 1. The Hall–Kier alpha value is -2.03. The quantitative estimate of drug-likeness (QED) is 0.662. The van der Waals surface area contributed by atoms with Gasteiger partial charge in [0.2, 0.25) is 0 Å². The molecule has 0 bridgehead atoms. The van der Waals surface area contributed by atoms with E-state index in [1.807, 2.05) is 24.3 Å². The van der Waals surface area contributed by atoms with Crippen molar-refractivity contribution in [1.82, 2.24) is 19.3 Å². The van der Waals surface area contributed by atoms with Crippen LogP contribution in [0.25, 0.3) is 11.0 Å². The van der Waals surface area contributed by atoms with E-state index in [0.717, 1.165) is 10.5 Å². The van der Waals surface area contributed by atoms with E-state index in [4.69, 9.17) is 16.7 Å². The van der Waals surface area contributed by atoms with Gasteiger partial charge < -0.3 is 5.11 Å². The minimum absolute atomic E-state index is 0.117. The van der Waals surface area contributed by atoms with E-state index in [0.29, 0.717) is 17.8 Å². The average molecular weight is 367 g/mol. The lowest BCUT2D eigenvalue weighted by atomic mass is 10.2. The number of hydrogen-bond acceptors (Lipinski definition) is 5. The van der Waals surface area contributed by atoms with Crippen LogP contribution in [0, 0.1) is 0 Å². The van der Waals surface area contributed by atoms with Crippen LogP contribution in [0.4, 0.5) is 0 Å². The highest BCUT2D eigenvalue weighted by Crippen LogP contribution is 2.21. The van der Waals surface area contributed by atoms with Crippen molar-refractivity contribution >= 4 is 34.4 Å². The molecule has 9 heteroatoms. The summed E-state index contributed by atoms with van der Waals surface area (Å²) in [7, 11) is 1.53. The number of hydrogen-bond donors (Lipinski definition) is 2. The highest BCUT2D eigenvalue weighted by Gasteiger charge is 2.16. The number of aryl methyl sites for hydroxylation is 1. The number of aliphatic hydroxyl groups is 1. The molecule has 2 heterocycles. The molecule has 126 valence electrons. The summed E-state index contributed by atoms with van der Waals surface area (Å²) in [6.45, 7) is 0.487. The third-order valence-electron chi connectivity index (χ3n) is 3.58. The fourth-order valence-corrected chi connectivity index (χ4v) is 3.39. The van der Waals surface area contributed by atoms with Crippen LogP contribution in [0.15, 0.2) is 38.8 Å². The van der Waals surface area contributed by atoms with E-state index in [1.165, 1.54) is 16.3 Å². The number of aliphatic hydroxyl groups excluding tert-OH is 1. The van der Waals surface area contributed by atoms with Gasteiger partial charge in [-0.25, -0.2) is 4.79 Å². The number of rotatable bonds is 5. The summed E-state index contributed by atoms with van der Waals surface area (Å²) in [4.78, 5) is 27.1. The standard InChI is InChI=1S/C15H15ClN4O3S/c1-19-11-12(14(22)17-15(19)23)20(18-13(11)16)8-9-2-4-10(5-3-9)24-7-6-21/h2-5,21H,6-8H2,1H3,(H,17,22,23). The lowest BCUT2D eigenvalue weighted by molar-refractivity contribution is 0.322. The fraction of sp³-hybridized carbons (Fsp3) is 0.267. The van der Waals surface area contributed by atoms with Crippen LogP contribution in [-0.2, 0) is 13.6 Å². The Bertz CT molecular complexity index is 991. The number of nitrogens with one attached hydrogen (secondary N) is 1. The van der Waals surface area contributed by atoms with E-state index < -0.39 is 11.2 Å². The molecule has 0 amide bonds. The van der Waals surface area contributed by atoms with Gasteiger partial charge in [0.15, 0.2) is 10.7 Å².